The summed E-state index contributed by atoms with van der Waals surface area (Å²) in [6, 6.07) is 6.05. The second-order valence-electron chi connectivity index (χ2n) is 3.17. The van der Waals surface area contributed by atoms with E-state index in [1.165, 1.54) is 5.56 Å². The lowest BCUT2D eigenvalue weighted by Crippen LogP contribution is -2.08. The Labute approximate surface area is 97.5 Å². The number of thiophene rings is 1. The third-order valence-corrected chi connectivity index (χ3v) is 4.16. The quantitative estimate of drug-likeness (QED) is 0.870. The molecule has 4 heteroatoms. The van der Waals surface area contributed by atoms with Crippen molar-refractivity contribution in [1.82, 2.24) is 0 Å². The number of hydrogen-bond donors (Lipinski definition) is 1. The van der Waals surface area contributed by atoms with Gasteiger partial charge in [0.05, 0.1) is 12.0 Å². The summed E-state index contributed by atoms with van der Waals surface area (Å²) in [4.78, 5) is 0. The second-order valence-corrected chi connectivity index (χ2v) is 5.14. The van der Waals surface area contributed by atoms with Gasteiger partial charge in [-0.1, -0.05) is 0 Å². The van der Waals surface area contributed by atoms with Crippen molar-refractivity contribution in [1.29, 1.82) is 0 Å². The Bertz CT molecular complexity index is 369. The van der Waals surface area contributed by atoms with Crippen LogP contribution in [0.2, 0.25) is 0 Å². The van der Waals surface area contributed by atoms with E-state index >= 15 is 0 Å². The highest BCUT2D eigenvalue weighted by atomic mass is 32.2. The van der Waals surface area contributed by atoms with E-state index in [1.807, 2.05) is 23.9 Å². The Morgan fingerprint density at radius 2 is 2.40 bits per heavy atom. The number of furan rings is 1. The molecule has 0 saturated heterocycles. The molecule has 80 valence electrons. The van der Waals surface area contributed by atoms with Gasteiger partial charge in [-0.15, -0.1) is 11.8 Å². The predicted octanol–water partition coefficient (Wildman–Crippen LogP) is 3.27. The van der Waals surface area contributed by atoms with Gasteiger partial charge in [0.15, 0.2) is 0 Å². The van der Waals surface area contributed by atoms with Crippen molar-refractivity contribution >= 4 is 23.1 Å². The van der Waals surface area contributed by atoms with E-state index in [4.69, 9.17) is 10.2 Å². The molecule has 0 bridgehead atoms. The summed E-state index contributed by atoms with van der Waals surface area (Å²) in [6.07, 6.45) is 1.71. The van der Waals surface area contributed by atoms with E-state index in [2.05, 4.69) is 16.8 Å². The molecule has 0 saturated carbocycles. The molecule has 0 aliphatic rings. The molecule has 2 aromatic rings. The molecule has 1 atom stereocenters. The van der Waals surface area contributed by atoms with E-state index in [0.29, 0.717) is 11.8 Å². The SMILES string of the molecule is NCC(SCc1ccco1)c1ccsc1. The zero-order valence-corrected chi connectivity index (χ0v) is 9.89. The molecule has 0 aliphatic heterocycles. The highest BCUT2D eigenvalue weighted by molar-refractivity contribution is 7.98. The van der Waals surface area contributed by atoms with E-state index < -0.39 is 0 Å². The van der Waals surface area contributed by atoms with Crippen LogP contribution in [0, 0.1) is 0 Å². The first-order chi connectivity index (χ1) is 7.40. The fourth-order valence-electron chi connectivity index (χ4n) is 1.34. The molecular formula is C11H13NOS2. The van der Waals surface area contributed by atoms with Gasteiger partial charge in [0.1, 0.15) is 5.76 Å². The van der Waals surface area contributed by atoms with Crippen molar-refractivity contribution in [3.05, 3.63) is 46.5 Å². The van der Waals surface area contributed by atoms with Crippen LogP contribution in [0.1, 0.15) is 16.6 Å². The molecule has 2 N–H and O–H groups in total. The van der Waals surface area contributed by atoms with Crippen molar-refractivity contribution in [3.8, 4) is 0 Å². The normalized spacial score (nSPS) is 12.9. The number of rotatable bonds is 5. The first-order valence-electron chi connectivity index (χ1n) is 4.76. The minimum atomic E-state index is 0.376. The molecule has 2 rings (SSSR count). The molecule has 2 heterocycles. The average molecular weight is 239 g/mol. The molecular weight excluding hydrogens is 226 g/mol. The maximum atomic E-state index is 5.76. The molecule has 1 unspecified atom stereocenters. The van der Waals surface area contributed by atoms with Crippen LogP contribution in [0.15, 0.2) is 39.6 Å². The van der Waals surface area contributed by atoms with Crippen LogP contribution in [0.5, 0.6) is 0 Å². The smallest absolute Gasteiger partial charge is 0.113 e. The average Bonchev–Trinajstić information content (AvgIpc) is 2.90. The van der Waals surface area contributed by atoms with Crippen LogP contribution < -0.4 is 5.73 Å². The third-order valence-electron chi connectivity index (χ3n) is 2.14. The van der Waals surface area contributed by atoms with Gasteiger partial charge in [-0.25, -0.2) is 0 Å². The van der Waals surface area contributed by atoms with Gasteiger partial charge >= 0.3 is 0 Å². The second kappa shape index (κ2) is 5.39. The van der Waals surface area contributed by atoms with Gasteiger partial charge in [-0.2, -0.15) is 11.3 Å². The van der Waals surface area contributed by atoms with Crippen LogP contribution in [0.25, 0.3) is 0 Å². The minimum absolute atomic E-state index is 0.376. The summed E-state index contributed by atoms with van der Waals surface area (Å²) in [7, 11) is 0. The first-order valence-corrected chi connectivity index (χ1v) is 6.75. The monoisotopic (exact) mass is 239 g/mol. The topological polar surface area (TPSA) is 39.2 Å². The zero-order valence-electron chi connectivity index (χ0n) is 8.26. The molecule has 2 nitrogen and oxygen atoms in total. The summed E-state index contributed by atoms with van der Waals surface area (Å²) < 4.78 is 5.29. The number of nitrogens with two attached hydrogens (primary N) is 1. The van der Waals surface area contributed by atoms with Crippen LogP contribution in [-0.2, 0) is 5.75 Å². The van der Waals surface area contributed by atoms with Crippen LogP contribution in [-0.4, -0.2) is 6.54 Å². The number of hydrogen-bond acceptors (Lipinski definition) is 4. The predicted molar refractivity (Wildman–Crippen MR) is 66.1 cm³/mol. The zero-order chi connectivity index (χ0) is 10.5. The fraction of sp³-hybridized carbons (Fsp3) is 0.273. The van der Waals surface area contributed by atoms with Crippen molar-refractivity contribution in [2.45, 2.75) is 11.0 Å². The highest BCUT2D eigenvalue weighted by Crippen LogP contribution is 2.31. The van der Waals surface area contributed by atoms with E-state index in [-0.39, 0.29) is 0 Å². The van der Waals surface area contributed by atoms with Crippen molar-refractivity contribution < 1.29 is 4.42 Å². The molecule has 15 heavy (non-hydrogen) atoms. The van der Waals surface area contributed by atoms with Crippen molar-refractivity contribution in [3.63, 3.8) is 0 Å². The Kier molecular flexibility index (Phi) is 3.88. The van der Waals surface area contributed by atoms with Gasteiger partial charge in [0, 0.05) is 11.8 Å². The van der Waals surface area contributed by atoms with Gasteiger partial charge in [-0.3, -0.25) is 0 Å². The summed E-state index contributed by atoms with van der Waals surface area (Å²) in [5.74, 6) is 1.89. The molecule has 0 radical (unpaired) electrons. The van der Waals surface area contributed by atoms with Gasteiger partial charge < -0.3 is 10.2 Å². The summed E-state index contributed by atoms with van der Waals surface area (Å²) in [5.41, 5.74) is 7.08. The first kappa shape index (κ1) is 10.8. The van der Waals surface area contributed by atoms with Gasteiger partial charge in [-0.05, 0) is 34.5 Å². The highest BCUT2D eigenvalue weighted by Gasteiger charge is 2.11. The lowest BCUT2D eigenvalue weighted by molar-refractivity contribution is 0.530. The van der Waals surface area contributed by atoms with E-state index in [0.717, 1.165) is 11.5 Å². The lowest BCUT2D eigenvalue weighted by Gasteiger charge is -2.11. The fourth-order valence-corrected chi connectivity index (χ4v) is 3.14. The summed E-state index contributed by atoms with van der Waals surface area (Å²) in [6.45, 7) is 0.669. The van der Waals surface area contributed by atoms with Crippen LogP contribution >= 0.6 is 23.1 Å². The van der Waals surface area contributed by atoms with Gasteiger partial charge in [0.25, 0.3) is 0 Å². The van der Waals surface area contributed by atoms with E-state index in [9.17, 15) is 0 Å². The maximum Gasteiger partial charge on any atom is 0.113 e. The largest absolute Gasteiger partial charge is 0.468 e. The standard InChI is InChI=1S/C11H13NOS2/c12-6-11(9-3-5-14-7-9)15-8-10-2-1-4-13-10/h1-5,7,11H,6,8,12H2. The van der Waals surface area contributed by atoms with Crippen LogP contribution in [0.4, 0.5) is 0 Å². The Hall–Kier alpha value is -0.710. The lowest BCUT2D eigenvalue weighted by atomic mass is 10.2. The Morgan fingerprint density at radius 1 is 1.47 bits per heavy atom. The molecule has 0 spiro atoms. The molecule has 0 aromatic carbocycles. The molecule has 2 aromatic heterocycles. The minimum Gasteiger partial charge on any atom is -0.468 e. The van der Waals surface area contributed by atoms with Gasteiger partial charge in [0.2, 0.25) is 0 Å². The summed E-state index contributed by atoms with van der Waals surface area (Å²) >= 11 is 3.54. The maximum absolute atomic E-state index is 5.76. The van der Waals surface area contributed by atoms with E-state index in [1.54, 1.807) is 17.6 Å². The summed E-state index contributed by atoms with van der Waals surface area (Å²) in [5, 5.41) is 4.62. The number of thioether (sulfide) groups is 1. The Morgan fingerprint density at radius 3 is 3.00 bits per heavy atom. The molecule has 0 aliphatic carbocycles. The van der Waals surface area contributed by atoms with Crippen molar-refractivity contribution in [2.24, 2.45) is 5.73 Å². The Balaban J connectivity index is 1.92. The van der Waals surface area contributed by atoms with Crippen molar-refractivity contribution in [2.75, 3.05) is 6.54 Å². The third kappa shape index (κ3) is 2.87. The molecule has 0 fully saturated rings. The van der Waals surface area contributed by atoms with Crippen LogP contribution in [0.3, 0.4) is 0 Å². The molecule has 0 amide bonds.